The molecule has 0 bridgehead atoms. The first-order valence-corrected chi connectivity index (χ1v) is 12.1. The molecule has 0 atom stereocenters. The molecule has 1 fully saturated rings. The molecular weight excluding hydrogens is 388 g/mol. The number of methoxy groups -OCH3 is 2. The van der Waals surface area contributed by atoms with Crippen LogP contribution in [0, 0.1) is 0 Å². The van der Waals surface area contributed by atoms with Gasteiger partial charge in [0.2, 0.25) is 5.75 Å². The number of ether oxygens (including phenoxy) is 2. The average Bonchev–Trinajstić information content (AvgIpc) is 3.26. The number of nitrogens with zero attached hydrogens (tertiary/aromatic N) is 1. The summed E-state index contributed by atoms with van der Waals surface area (Å²) in [7, 11) is 5.26. The highest BCUT2D eigenvalue weighted by molar-refractivity contribution is 5.53. The lowest BCUT2D eigenvalue weighted by molar-refractivity contribution is 0.332. The lowest BCUT2D eigenvalue weighted by Gasteiger charge is -2.13. The summed E-state index contributed by atoms with van der Waals surface area (Å²) in [5, 5.41) is 13.3. The first kappa shape index (κ1) is 29.1. The maximum atomic E-state index is 9.96. The summed E-state index contributed by atoms with van der Waals surface area (Å²) in [6.45, 7) is 13.7. The second-order valence-corrected chi connectivity index (χ2v) is 7.81. The third kappa shape index (κ3) is 13.2. The molecule has 0 aromatic heterocycles. The Morgan fingerprint density at radius 2 is 1.71 bits per heavy atom. The summed E-state index contributed by atoms with van der Waals surface area (Å²) in [5.74, 6) is 1.04. The number of hydrogen-bond acceptors (Lipinski definition) is 5. The number of likely N-dealkylation sites (tertiary alicyclic amines) is 1. The van der Waals surface area contributed by atoms with Crippen molar-refractivity contribution < 1.29 is 14.6 Å². The molecule has 1 aliphatic rings. The van der Waals surface area contributed by atoms with Crippen LogP contribution in [0.1, 0.15) is 77.7 Å². The first-order valence-electron chi connectivity index (χ1n) is 12.1. The molecule has 2 rings (SSSR count). The molecule has 31 heavy (non-hydrogen) atoms. The topological polar surface area (TPSA) is 54.0 Å². The number of allylic oxidation sites excluding steroid dienone is 1. The fourth-order valence-corrected chi connectivity index (χ4v) is 3.43. The van der Waals surface area contributed by atoms with Gasteiger partial charge in [0.05, 0.1) is 14.2 Å². The van der Waals surface area contributed by atoms with Crippen LogP contribution in [0.15, 0.2) is 24.4 Å². The SMILES string of the molecule is C=C(CCCCCCC)NCCc1cc(O)c(OC)c(OC)c1.CC.CN1CCCC1. The Hall–Kier alpha value is -1.88. The van der Waals surface area contributed by atoms with E-state index in [1.165, 1.54) is 65.1 Å². The summed E-state index contributed by atoms with van der Waals surface area (Å²) in [6.07, 6.45) is 11.0. The normalized spacial score (nSPS) is 12.8. The van der Waals surface area contributed by atoms with Crippen molar-refractivity contribution in [1.82, 2.24) is 10.2 Å². The van der Waals surface area contributed by atoms with Gasteiger partial charge in [-0.15, -0.1) is 0 Å². The molecule has 180 valence electrons. The van der Waals surface area contributed by atoms with Crippen LogP contribution in [-0.4, -0.2) is 50.9 Å². The number of phenols is 1. The van der Waals surface area contributed by atoms with Gasteiger partial charge in [-0.05, 0) is 69.9 Å². The van der Waals surface area contributed by atoms with E-state index in [1.807, 2.05) is 19.9 Å². The van der Waals surface area contributed by atoms with Crippen molar-refractivity contribution >= 4 is 0 Å². The van der Waals surface area contributed by atoms with Crippen LogP contribution in [0.3, 0.4) is 0 Å². The number of phenolic OH excluding ortho intramolecular Hbond substituents is 1. The Labute approximate surface area is 191 Å². The van der Waals surface area contributed by atoms with Crippen LogP contribution in [0.25, 0.3) is 0 Å². The third-order valence-electron chi connectivity index (χ3n) is 5.22. The van der Waals surface area contributed by atoms with Crippen LogP contribution >= 0.6 is 0 Å². The number of benzene rings is 1. The summed E-state index contributed by atoms with van der Waals surface area (Å²) in [6, 6.07) is 3.62. The Morgan fingerprint density at radius 1 is 1.06 bits per heavy atom. The minimum Gasteiger partial charge on any atom is -0.504 e. The smallest absolute Gasteiger partial charge is 0.203 e. The number of rotatable bonds is 12. The van der Waals surface area contributed by atoms with E-state index in [0.29, 0.717) is 11.5 Å². The van der Waals surface area contributed by atoms with Gasteiger partial charge in [0.15, 0.2) is 11.5 Å². The van der Waals surface area contributed by atoms with Crippen molar-refractivity contribution in [2.75, 3.05) is 40.9 Å². The number of nitrogens with one attached hydrogen (secondary N) is 1. The molecule has 2 N–H and O–H groups in total. The van der Waals surface area contributed by atoms with E-state index in [2.05, 4.69) is 30.8 Å². The van der Waals surface area contributed by atoms with Crippen molar-refractivity contribution in [3.63, 3.8) is 0 Å². The highest BCUT2D eigenvalue weighted by atomic mass is 16.5. The summed E-state index contributed by atoms with van der Waals surface area (Å²) >= 11 is 0. The minimum absolute atomic E-state index is 0.108. The Kier molecular flexibility index (Phi) is 17.7. The van der Waals surface area contributed by atoms with E-state index in [0.717, 1.165) is 30.6 Å². The maximum Gasteiger partial charge on any atom is 0.203 e. The molecule has 1 aromatic rings. The van der Waals surface area contributed by atoms with Gasteiger partial charge in [-0.3, -0.25) is 0 Å². The molecule has 0 radical (unpaired) electrons. The van der Waals surface area contributed by atoms with Gasteiger partial charge >= 0.3 is 0 Å². The Bertz CT molecular complexity index is 584. The van der Waals surface area contributed by atoms with Crippen molar-refractivity contribution in [2.45, 2.75) is 78.6 Å². The molecule has 0 spiro atoms. The lowest BCUT2D eigenvalue weighted by atomic mass is 10.1. The Balaban J connectivity index is 0.000000945. The van der Waals surface area contributed by atoms with Gasteiger partial charge < -0.3 is 24.8 Å². The minimum atomic E-state index is 0.108. The number of unbranched alkanes of at least 4 members (excludes halogenated alkanes) is 4. The van der Waals surface area contributed by atoms with Gasteiger partial charge in [-0.1, -0.05) is 53.0 Å². The van der Waals surface area contributed by atoms with E-state index in [-0.39, 0.29) is 5.75 Å². The van der Waals surface area contributed by atoms with Crippen molar-refractivity contribution in [1.29, 1.82) is 0 Å². The monoisotopic (exact) mass is 436 g/mol. The molecule has 1 saturated heterocycles. The predicted molar refractivity (Wildman–Crippen MR) is 134 cm³/mol. The van der Waals surface area contributed by atoms with Gasteiger partial charge in [0.1, 0.15) is 0 Å². The molecule has 5 nitrogen and oxygen atoms in total. The molecule has 5 heteroatoms. The zero-order valence-corrected chi connectivity index (χ0v) is 21.1. The van der Waals surface area contributed by atoms with E-state index < -0.39 is 0 Å². The highest BCUT2D eigenvalue weighted by Gasteiger charge is 2.11. The van der Waals surface area contributed by atoms with Crippen LogP contribution in [0.4, 0.5) is 0 Å². The van der Waals surface area contributed by atoms with E-state index in [9.17, 15) is 5.11 Å². The second kappa shape index (κ2) is 18.9. The summed E-state index contributed by atoms with van der Waals surface area (Å²) < 4.78 is 10.4. The van der Waals surface area contributed by atoms with Crippen LogP contribution in [-0.2, 0) is 6.42 Å². The zero-order chi connectivity index (χ0) is 23.5. The zero-order valence-electron chi connectivity index (χ0n) is 21.1. The molecule has 0 unspecified atom stereocenters. The summed E-state index contributed by atoms with van der Waals surface area (Å²) in [5.41, 5.74) is 2.09. The van der Waals surface area contributed by atoms with Gasteiger partial charge in [-0.25, -0.2) is 0 Å². The van der Waals surface area contributed by atoms with Crippen molar-refractivity contribution in [3.05, 3.63) is 30.0 Å². The largest absolute Gasteiger partial charge is 0.504 e. The fourth-order valence-electron chi connectivity index (χ4n) is 3.43. The molecule has 1 aromatic carbocycles. The molecule has 0 amide bonds. The van der Waals surface area contributed by atoms with E-state index >= 15 is 0 Å². The third-order valence-corrected chi connectivity index (χ3v) is 5.22. The first-order chi connectivity index (χ1) is 15.0. The van der Waals surface area contributed by atoms with Crippen LogP contribution < -0.4 is 14.8 Å². The fraction of sp³-hybridized carbons (Fsp3) is 0.692. The number of hydrogen-bond donors (Lipinski definition) is 2. The van der Waals surface area contributed by atoms with Gasteiger partial charge in [-0.2, -0.15) is 0 Å². The molecule has 0 saturated carbocycles. The van der Waals surface area contributed by atoms with Gasteiger partial charge in [0.25, 0.3) is 0 Å². The highest BCUT2D eigenvalue weighted by Crippen LogP contribution is 2.37. The quantitative estimate of drug-likeness (QED) is 0.385. The molecular formula is C26H48N2O3. The average molecular weight is 437 g/mol. The van der Waals surface area contributed by atoms with Crippen molar-refractivity contribution in [3.8, 4) is 17.2 Å². The second-order valence-electron chi connectivity index (χ2n) is 7.81. The predicted octanol–water partition coefficient (Wildman–Crippen LogP) is 6.15. The van der Waals surface area contributed by atoms with E-state index in [4.69, 9.17) is 9.47 Å². The van der Waals surface area contributed by atoms with E-state index in [1.54, 1.807) is 13.2 Å². The Morgan fingerprint density at radius 3 is 2.23 bits per heavy atom. The van der Waals surface area contributed by atoms with Gasteiger partial charge in [0, 0.05) is 12.2 Å². The molecule has 1 aliphatic heterocycles. The maximum absolute atomic E-state index is 9.96. The van der Waals surface area contributed by atoms with Crippen LogP contribution in [0.2, 0.25) is 0 Å². The molecule has 1 heterocycles. The van der Waals surface area contributed by atoms with Crippen LogP contribution in [0.5, 0.6) is 17.2 Å². The molecule has 0 aliphatic carbocycles. The summed E-state index contributed by atoms with van der Waals surface area (Å²) in [4.78, 5) is 2.36. The number of aromatic hydroxyl groups is 1. The standard InChI is InChI=1S/C19H31NO3.C5H11N.C2H6/c1-5-6-7-8-9-10-15(2)20-12-11-16-13-17(21)19(23-4)18(14-16)22-3;1-6-4-2-3-5-6;1-2/h13-14,20-21H,2,5-12H2,1,3-4H3;2-5H2,1H3;1-2H3. The van der Waals surface area contributed by atoms with Crippen molar-refractivity contribution in [2.24, 2.45) is 0 Å². The lowest BCUT2D eigenvalue weighted by Crippen LogP contribution is -2.16.